The number of carbonyl (C=O) groups excluding carboxylic acids is 1. The summed E-state index contributed by atoms with van der Waals surface area (Å²) in [6, 6.07) is 10.6. The van der Waals surface area contributed by atoms with Crippen molar-refractivity contribution in [3.8, 4) is 0 Å². The SMILES string of the molecule is CC1(O)CCN(c2ccc(Cl)cc2NC(=O)c2ccccn2)CC1. The Morgan fingerprint density at radius 1 is 1.29 bits per heavy atom. The Morgan fingerprint density at radius 3 is 2.71 bits per heavy atom. The maximum atomic E-state index is 12.4. The maximum Gasteiger partial charge on any atom is 0.274 e. The smallest absolute Gasteiger partial charge is 0.274 e. The highest BCUT2D eigenvalue weighted by Crippen LogP contribution is 2.33. The fourth-order valence-corrected chi connectivity index (χ4v) is 2.97. The van der Waals surface area contributed by atoms with Crippen molar-refractivity contribution in [1.29, 1.82) is 0 Å². The Bertz CT molecular complexity index is 724. The van der Waals surface area contributed by atoms with Crippen molar-refractivity contribution in [2.24, 2.45) is 0 Å². The predicted octanol–water partition coefficient (Wildman–Crippen LogP) is 3.34. The second-order valence-corrected chi connectivity index (χ2v) is 6.75. The molecule has 2 heterocycles. The summed E-state index contributed by atoms with van der Waals surface area (Å²) in [4.78, 5) is 18.6. The van der Waals surface area contributed by atoms with Crippen molar-refractivity contribution in [1.82, 2.24) is 4.98 Å². The average Bonchev–Trinajstić information content (AvgIpc) is 2.56. The van der Waals surface area contributed by atoms with Gasteiger partial charge in [-0.3, -0.25) is 9.78 Å². The highest BCUT2D eigenvalue weighted by Gasteiger charge is 2.28. The fourth-order valence-electron chi connectivity index (χ4n) is 2.80. The molecule has 1 aliphatic heterocycles. The van der Waals surface area contributed by atoms with E-state index in [4.69, 9.17) is 11.6 Å². The number of rotatable bonds is 3. The molecular formula is C18H20ClN3O2. The molecule has 1 aliphatic rings. The molecule has 1 fully saturated rings. The Labute approximate surface area is 146 Å². The van der Waals surface area contributed by atoms with Crippen LogP contribution in [-0.2, 0) is 0 Å². The first kappa shape index (κ1) is 16.7. The van der Waals surface area contributed by atoms with E-state index in [2.05, 4.69) is 15.2 Å². The van der Waals surface area contributed by atoms with Gasteiger partial charge < -0.3 is 15.3 Å². The van der Waals surface area contributed by atoms with Crippen molar-refractivity contribution in [2.75, 3.05) is 23.3 Å². The van der Waals surface area contributed by atoms with Crippen molar-refractivity contribution in [2.45, 2.75) is 25.4 Å². The summed E-state index contributed by atoms with van der Waals surface area (Å²) in [6.45, 7) is 3.30. The van der Waals surface area contributed by atoms with Gasteiger partial charge in [0.1, 0.15) is 5.69 Å². The summed E-state index contributed by atoms with van der Waals surface area (Å²) >= 11 is 6.11. The number of carbonyl (C=O) groups is 1. The van der Waals surface area contributed by atoms with Crippen LogP contribution >= 0.6 is 11.6 Å². The van der Waals surface area contributed by atoms with Gasteiger partial charge in [0.2, 0.25) is 0 Å². The zero-order valence-electron chi connectivity index (χ0n) is 13.5. The van der Waals surface area contributed by atoms with E-state index in [1.165, 1.54) is 0 Å². The second kappa shape index (κ2) is 6.79. The third kappa shape index (κ3) is 3.86. The van der Waals surface area contributed by atoms with Gasteiger partial charge in [0.05, 0.1) is 17.0 Å². The largest absolute Gasteiger partial charge is 0.390 e. The number of nitrogens with zero attached hydrogens (tertiary/aromatic N) is 2. The predicted molar refractivity (Wildman–Crippen MR) is 95.7 cm³/mol. The molecular weight excluding hydrogens is 326 g/mol. The van der Waals surface area contributed by atoms with Gasteiger partial charge in [-0.2, -0.15) is 0 Å². The molecule has 2 aromatic rings. The van der Waals surface area contributed by atoms with Gasteiger partial charge in [0.25, 0.3) is 5.91 Å². The Hall–Kier alpha value is -2.11. The highest BCUT2D eigenvalue weighted by atomic mass is 35.5. The molecule has 6 heteroatoms. The Kier molecular flexibility index (Phi) is 4.73. The molecule has 0 bridgehead atoms. The second-order valence-electron chi connectivity index (χ2n) is 6.31. The van der Waals surface area contributed by atoms with Gasteiger partial charge in [0.15, 0.2) is 0 Å². The molecule has 0 spiro atoms. The lowest BCUT2D eigenvalue weighted by molar-refractivity contribution is 0.0351. The van der Waals surface area contributed by atoms with Gasteiger partial charge in [0, 0.05) is 24.3 Å². The van der Waals surface area contributed by atoms with Crippen LogP contribution in [0.4, 0.5) is 11.4 Å². The van der Waals surface area contributed by atoms with Gasteiger partial charge in [-0.25, -0.2) is 0 Å². The monoisotopic (exact) mass is 345 g/mol. The maximum absolute atomic E-state index is 12.4. The summed E-state index contributed by atoms with van der Waals surface area (Å²) < 4.78 is 0. The van der Waals surface area contributed by atoms with Crippen molar-refractivity contribution >= 4 is 28.9 Å². The Morgan fingerprint density at radius 2 is 2.04 bits per heavy atom. The van der Waals surface area contributed by atoms with E-state index in [0.717, 1.165) is 18.8 Å². The molecule has 5 nitrogen and oxygen atoms in total. The summed E-state index contributed by atoms with van der Waals surface area (Å²) in [7, 11) is 0. The van der Waals surface area contributed by atoms with Crippen LogP contribution in [0.2, 0.25) is 5.02 Å². The normalized spacial score (nSPS) is 16.7. The number of anilines is 2. The highest BCUT2D eigenvalue weighted by molar-refractivity contribution is 6.31. The average molecular weight is 346 g/mol. The summed E-state index contributed by atoms with van der Waals surface area (Å²) in [5.74, 6) is -0.275. The van der Waals surface area contributed by atoms with Crippen molar-refractivity contribution in [3.63, 3.8) is 0 Å². The number of amides is 1. The van der Waals surface area contributed by atoms with Crippen molar-refractivity contribution < 1.29 is 9.90 Å². The lowest BCUT2D eigenvalue weighted by atomic mass is 9.93. The van der Waals surface area contributed by atoms with E-state index in [1.54, 1.807) is 36.5 Å². The summed E-state index contributed by atoms with van der Waals surface area (Å²) in [5, 5.41) is 13.6. The number of hydrogen-bond donors (Lipinski definition) is 2. The van der Waals surface area contributed by atoms with Crippen LogP contribution in [0.1, 0.15) is 30.3 Å². The van der Waals surface area contributed by atoms with Crippen LogP contribution in [0.3, 0.4) is 0 Å². The number of hydrogen-bond acceptors (Lipinski definition) is 4. The topological polar surface area (TPSA) is 65.5 Å². The number of aromatic nitrogens is 1. The molecule has 3 rings (SSSR count). The van der Waals surface area contributed by atoms with Gasteiger partial charge >= 0.3 is 0 Å². The number of aliphatic hydroxyl groups is 1. The fraction of sp³-hybridized carbons (Fsp3) is 0.333. The van der Waals surface area contributed by atoms with Gasteiger partial charge in [-0.1, -0.05) is 17.7 Å². The molecule has 24 heavy (non-hydrogen) atoms. The van der Waals surface area contributed by atoms with E-state index in [9.17, 15) is 9.90 Å². The summed E-state index contributed by atoms with van der Waals surface area (Å²) in [5.41, 5.74) is 1.28. The third-order valence-electron chi connectivity index (χ3n) is 4.29. The zero-order chi connectivity index (χ0) is 17.2. The van der Waals surface area contributed by atoms with E-state index >= 15 is 0 Å². The zero-order valence-corrected chi connectivity index (χ0v) is 14.3. The Balaban J connectivity index is 1.83. The van der Waals surface area contributed by atoms with Gasteiger partial charge in [-0.15, -0.1) is 0 Å². The minimum absolute atomic E-state index is 0.275. The lowest BCUT2D eigenvalue weighted by Gasteiger charge is -2.38. The van der Waals surface area contributed by atoms with Crippen LogP contribution in [0.5, 0.6) is 0 Å². The molecule has 0 unspecified atom stereocenters. The number of benzene rings is 1. The van der Waals surface area contributed by atoms with Crippen LogP contribution in [-0.4, -0.2) is 34.7 Å². The molecule has 1 amide bonds. The van der Waals surface area contributed by atoms with Crippen LogP contribution in [0, 0.1) is 0 Å². The first-order valence-electron chi connectivity index (χ1n) is 7.94. The number of pyridine rings is 1. The molecule has 0 aliphatic carbocycles. The van der Waals surface area contributed by atoms with Crippen LogP contribution < -0.4 is 10.2 Å². The molecule has 0 radical (unpaired) electrons. The summed E-state index contributed by atoms with van der Waals surface area (Å²) in [6.07, 6.45) is 2.95. The minimum Gasteiger partial charge on any atom is -0.390 e. The molecule has 1 saturated heterocycles. The van der Waals surface area contributed by atoms with E-state index < -0.39 is 5.60 Å². The standard InChI is InChI=1S/C18H20ClN3O2/c1-18(24)7-10-22(11-8-18)16-6-5-13(19)12-15(16)21-17(23)14-4-2-3-9-20-14/h2-6,9,12,24H,7-8,10-11H2,1H3,(H,21,23). The first-order valence-corrected chi connectivity index (χ1v) is 8.32. The molecule has 0 atom stereocenters. The number of piperidine rings is 1. The van der Waals surface area contributed by atoms with Crippen molar-refractivity contribution in [3.05, 3.63) is 53.3 Å². The first-order chi connectivity index (χ1) is 11.4. The number of nitrogens with one attached hydrogen (secondary N) is 1. The quantitative estimate of drug-likeness (QED) is 0.895. The number of halogens is 1. The van der Waals surface area contributed by atoms with E-state index in [-0.39, 0.29) is 5.91 Å². The minimum atomic E-state index is -0.625. The third-order valence-corrected chi connectivity index (χ3v) is 4.52. The van der Waals surface area contributed by atoms with E-state index in [1.807, 2.05) is 13.0 Å². The van der Waals surface area contributed by atoms with Crippen LogP contribution in [0.25, 0.3) is 0 Å². The van der Waals surface area contributed by atoms with Crippen LogP contribution in [0.15, 0.2) is 42.6 Å². The molecule has 126 valence electrons. The van der Waals surface area contributed by atoms with E-state index in [0.29, 0.717) is 29.2 Å². The molecule has 2 N–H and O–H groups in total. The molecule has 1 aromatic carbocycles. The van der Waals surface area contributed by atoms with Gasteiger partial charge in [-0.05, 0) is 50.1 Å². The molecule has 1 aromatic heterocycles. The lowest BCUT2D eigenvalue weighted by Crippen LogP contribution is -2.42. The molecule has 0 saturated carbocycles.